The molecule has 0 aliphatic carbocycles. The molecule has 2 atom stereocenters. The van der Waals surface area contributed by atoms with Gasteiger partial charge in [0.15, 0.2) is 0 Å². The van der Waals surface area contributed by atoms with Crippen molar-refractivity contribution in [1.82, 2.24) is 5.32 Å². The van der Waals surface area contributed by atoms with Gasteiger partial charge in [0.05, 0.1) is 12.6 Å². The van der Waals surface area contributed by atoms with Crippen molar-refractivity contribution in [2.24, 2.45) is 0 Å². The molecule has 1 heterocycles. The van der Waals surface area contributed by atoms with Gasteiger partial charge in [-0.1, -0.05) is 54.6 Å². The highest BCUT2D eigenvalue weighted by Gasteiger charge is 2.37. The second-order valence-electron chi connectivity index (χ2n) is 8.92. The summed E-state index contributed by atoms with van der Waals surface area (Å²) >= 11 is 0. The van der Waals surface area contributed by atoms with Crippen LogP contribution in [0.25, 0.3) is 0 Å². The van der Waals surface area contributed by atoms with Crippen LogP contribution in [0.5, 0.6) is 5.75 Å². The largest absolute Gasteiger partial charge is 0.494 e. The molecule has 4 aromatic carbocycles. The van der Waals surface area contributed by atoms with Crippen LogP contribution < -0.4 is 20.3 Å². The smallest absolute Gasteiger partial charge is 0.260 e. The predicted octanol–water partition coefficient (Wildman–Crippen LogP) is 6.35. The van der Waals surface area contributed by atoms with Crippen molar-refractivity contribution in [3.63, 3.8) is 0 Å². The number of rotatable bonds is 8. The zero-order valence-electron chi connectivity index (χ0n) is 20.8. The number of anilines is 2. The van der Waals surface area contributed by atoms with E-state index in [4.69, 9.17) is 4.74 Å². The van der Waals surface area contributed by atoms with Gasteiger partial charge in [0.1, 0.15) is 11.9 Å². The summed E-state index contributed by atoms with van der Waals surface area (Å²) in [7, 11) is 0. The third-order valence-electron chi connectivity index (χ3n) is 6.46. The summed E-state index contributed by atoms with van der Waals surface area (Å²) in [6.45, 7) is 4.47. The van der Waals surface area contributed by atoms with Crippen LogP contribution >= 0.6 is 0 Å². The van der Waals surface area contributed by atoms with Crippen molar-refractivity contribution in [1.29, 1.82) is 0 Å². The van der Waals surface area contributed by atoms with Crippen LogP contribution in [0.1, 0.15) is 57.9 Å². The molecule has 4 aromatic rings. The van der Waals surface area contributed by atoms with E-state index >= 15 is 0 Å². The Hall–Kier alpha value is -4.58. The first-order valence-corrected chi connectivity index (χ1v) is 12.4. The van der Waals surface area contributed by atoms with Gasteiger partial charge in [0.25, 0.3) is 11.8 Å². The lowest BCUT2D eigenvalue weighted by atomic mass is 10.1. The number of amides is 2. The Morgan fingerprint density at radius 2 is 1.65 bits per heavy atom. The number of benzene rings is 4. The van der Waals surface area contributed by atoms with Crippen molar-refractivity contribution in [2.45, 2.75) is 26.1 Å². The molecular formula is C31H29N3O3. The predicted molar refractivity (Wildman–Crippen MR) is 146 cm³/mol. The number of fused-ring (bicyclic) bond motifs is 1. The van der Waals surface area contributed by atoms with Crippen LogP contribution in [0, 0.1) is 0 Å². The molecule has 0 unspecified atom stereocenters. The molecule has 6 nitrogen and oxygen atoms in total. The fourth-order valence-electron chi connectivity index (χ4n) is 4.61. The van der Waals surface area contributed by atoms with E-state index in [1.54, 1.807) is 11.0 Å². The van der Waals surface area contributed by atoms with Gasteiger partial charge in [-0.2, -0.15) is 0 Å². The van der Waals surface area contributed by atoms with Crippen LogP contribution in [0.3, 0.4) is 0 Å². The maximum Gasteiger partial charge on any atom is 0.260 e. The van der Waals surface area contributed by atoms with Gasteiger partial charge in [-0.25, -0.2) is 0 Å². The van der Waals surface area contributed by atoms with E-state index in [9.17, 15) is 9.59 Å². The molecule has 37 heavy (non-hydrogen) atoms. The Morgan fingerprint density at radius 1 is 0.919 bits per heavy atom. The molecule has 5 rings (SSSR count). The summed E-state index contributed by atoms with van der Waals surface area (Å²) < 4.78 is 5.57. The fourth-order valence-corrected chi connectivity index (χ4v) is 4.61. The molecule has 0 radical (unpaired) electrons. The standard InChI is InChI=1S/C31H29N3O3/c1-3-37-26-18-16-25(17-19-26)34-29(27-14-7-8-15-28(27)31(34)36)33-24-13-9-12-23(20-24)30(35)32-21(2)22-10-5-4-6-11-22/h4-21,29,33H,3H2,1-2H3,(H,32,35)/t21-,29+/m0/s1. The molecule has 0 fully saturated rings. The minimum atomic E-state index is -0.428. The number of hydrogen-bond acceptors (Lipinski definition) is 4. The van der Waals surface area contributed by atoms with Gasteiger partial charge in [-0.15, -0.1) is 0 Å². The third kappa shape index (κ3) is 5.05. The maximum absolute atomic E-state index is 13.4. The van der Waals surface area contributed by atoms with Crippen molar-refractivity contribution < 1.29 is 14.3 Å². The lowest BCUT2D eigenvalue weighted by Gasteiger charge is -2.27. The Labute approximate surface area is 216 Å². The van der Waals surface area contributed by atoms with Crippen LogP contribution in [-0.4, -0.2) is 18.4 Å². The van der Waals surface area contributed by atoms with Gasteiger partial charge in [-0.3, -0.25) is 14.5 Å². The summed E-state index contributed by atoms with van der Waals surface area (Å²) in [4.78, 5) is 28.2. The normalized spacial score (nSPS) is 15.1. The Kier molecular flexibility index (Phi) is 6.90. The van der Waals surface area contributed by atoms with Gasteiger partial charge < -0.3 is 15.4 Å². The summed E-state index contributed by atoms with van der Waals surface area (Å²) in [5.74, 6) is 0.512. The second-order valence-corrected chi connectivity index (χ2v) is 8.92. The molecule has 0 spiro atoms. The third-order valence-corrected chi connectivity index (χ3v) is 6.46. The van der Waals surface area contributed by atoms with Crippen molar-refractivity contribution in [3.05, 3.63) is 125 Å². The number of nitrogens with one attached hydrogen (secondary N) is 2. The number of carbonyl (C=O) groups excluding carboxylic acids is 2. The van der Waals surface area contributed by atoms with Gasteiger partial charge in [-0.05, 0) is 67.9 Å². The zero-order valence-corrected chi connectivity index (χ0v) is 20.8. The van der Waals surface area contributed by atoms with E-state index in [0.717, 1.165) is 28.3 Å². The molecule has 1 aliphatic heterocycles. The molecule has 2 amide bonds. The van der Waals surface area contributed by atoms with E-state index < -0.39 is 6.17 Å². The Morgan fingerprint density at radius 3 is 2.41 bits per heavy atom. The van der Waals surface area contributed by atoms with Crippen LogP contribution in [0.2, 0.25) is 0 Å². The molecule has 6 heteroatoms. The average molecular weight is 492 g/mol. The summed E-state index contributed by atoms with van der Waals surface area (Å²) in [5.41, 5.74) is 4.61. The monoisotopic (exact) mass is 491 g/mol. The van der Waals surface area contributed by atoms with E-state index in [0.29, 0.717) is 17.7 Å². The van der Waals surface area contributed by atoms with Gasteiger partial charge >= 0.3 is 0 Å². The molecule has 0 aromatic heterocycles. The Balaban J connectivity index is 1.40. The topological polar surface area (TPSA) is 70.7 Å². The molecule has 0 saturated heterocycles. The first-order valence-electron chi connectivity index (χ1n) is 12.4. The lowest BCUT2D eigenvalue weighted by Crippen LogP contribution is -2.32. The Bertz CT molecular complexity index is 1400. The minimum Gasteiger partial charge on any atom is -0.494 e. The van der Waals surface area contributed by atoms with E-state index in [2.05, 4.69) is 10.6 Å². The van der Waals surface area contributed by atoms with Crippen LogP contribution in [0.4, 0.5) is 11.4 Å². The maximum atomic E-state index is 13.4. The SMILES string of the molecule is CCOc1ccc(N2C(=O)c3ccccc3[C@@H]2Nc2cccc(C(=O)N[C@@H](C)c3ccccc3)c2)cc1. The number of carbonyl (C=O) groups is 2. The van der Waals surface area contributed by atoms with Crippen molar-refractivity contribution >= 4 is 23.2 Å². The highest BCUT2D eigenvalue weighted by atomic mass is 16.5. The number of nitrogens with zero attached hydrogens (tertiary/aromatic N) is 1. The first-order chi connectivity index (χ1) is 18.0. The quantitative estimate of drug-likeness (QED) is 0.301. The molecular weight excluding hydrogens is 462 g/mol. The fraction of sp³-hybridized carbons (Fsp3) is 0.161. The molecule has 1 aliphatic rings. The van der Waals surface area contributed by atoms with Crippen LogP contribution in [-0.2, 0) is 0 Å². The van der Waals surface area contributed by atoms with Gasteiger partial charge in [0.2, 0.25) is 0 Å². The average Bonchev–Trinajstić information content (AvgIpc) is 3.21. The zero-order chi connectivity index (χ0) is 25.8. The van der Waals surface area contributed by atoms with E-state index in [1.807, 2.05) is 111 Å². The van der Waals surface area contributed by atoms with Crippen molar-refractivity contribution in [3.8, 4) is 5.75 Å². The second kappa shape index (κ2) is 10.6. The number of hydrogen-bond donors (Lipinski definition) is 2. The summed E-state index contributed by atoms with van der Waals surface area (Å²) in [6.07, 6.45) is -0.428. The highest BCUT2D eigenvalue weighted by Crippen LogP contribution is 2.38. The molecule has 2 N–H and O–H groups in total. The first kappa shape index (κ1) is 24.1. The minimum absolute atomic E-state index is 0.0807. The lowest BCUT2D eigenvalue weighted by molar-refractivity contribution is 0.0938. The van der Waals surface area contributed by atoms with E-state index in [1.165, 1.54) is 0 Å². The molecule has 186 valence electrons. The molecule has 0 bridgehead atoms. The van der Waals surface area contributed by atoms with Crippen molar-refractivity contribution in [2.75, 3.05) is 16.8 Å². The highest BCUT2D eigenvalue weighted by molar-refractivity contribution is 6.11. The summed E-state index contributed by atoms with van der Waals surface area (Å²) in [5, 5.41) is 6.55. The summed E-state index contributed by atoms with van der Waals surface area (Å²) in [6, 6.07) is 32.2. The molecule has 0 saturated carbocycles. The van der Waals surface area contributed by atoms with E-state index in [-0.39, 0.29) is 17.9 Å². The van der Waals surface area contributed by atoms with Crippen LogP contribution in [0.15, 0.2) is 103 Å². The number of ether oxygens (including phenoxy) is 1. The van der Waals surface area contributed by atoms with Gasteiger partial charge in [0, 0.05) is 28.1 Å².